The number of amides is 1. The van der Waals surface area contributed by atoms with Crippen LogP contribution in [0.2, 0.25) is 0 Å². The summed E-state index contributed by atoms with van der Waals surface area (Å²) in [5, 5.41) is 8.35. The van der Waals surface area contributed by atoms with Gasteiger partial charge in [-0.25, -0.2) is 8.42 Å². The van der Waals surface area contributed by atoms with Gasteiger partial charge in [-0.15, -0.1) is 0 Å². The van der Waals surface area contributed by atoms with E-state index in [1.165, 1.54) is 7.05 Å². The summed E-state index contributed by atoms with van der Waals surface area (Å²) in [5.41, 5.74) is 0. The fourth-order valence-electron chi connectivity index (χ4n) is 1.55. The number of nitriles is 1. The molecule has 0 radical (unpaired) electrons. The summed E-state index contributed by atoms with van der Waals surface area (Å²) in [7, 11) is -2.29. The second-order valence-corrected chi connectivity index (χ2v) is 5.83. The molecular weight excluding hydrogens is 230 g/mol. The highest BCUT2D eigenvalue weighted by molar-refractivity contribution is 7.89. The summed E-state index contributed by atoms with van der Waals surface area (Å²) < 4.78 is 23.8. The Kier molecular flexibility index (Phi) is 4.26. The van der Waals surface area contributed by atoms with Gasteiger partial charge in [-0.1, -0.05) is 0 Å². The molecule has 0 spiro atoms. The maximum atomic E-state index is 11.6. The van der Waals surface area contributed by atoms with E-state index >= 15 is 0 Å². The van der Waals surface area contributed by atoms with E-state index in [0.717, 1.165) is 17.1 Å². The van der Waals surface area contributed by atoms with Gasteiger partial charge in [-0.05, 0) is 12.8 Å². The molecule has 0 aromatic carbocycles. The van der Waals surface area contributed by atoms with E-state index in [4.69, 9.17) is 5.26 Å². The molecule has 1 aliphatic heterocycles. The molecule has 0 bridgehead atoms. The fourth-order valence-corrected chi connectivity index (χ4v) is 2.24. The molecule has 90 valence electrons. The van der Waals surface area contributed by atoms with Crippen molar-refractivity contribution < 1.29 is 13.2 Å². The van der Waals surface area contributed by atoms with Crippen LogP contribution in [-0.4, -0.2) is 56.0 Å². The van der Waals surface area contributed by atoms with Gasteiger partial charge in [0.2, 0.25) is 15.9 Å². The van der Waals surface area contributed by atoms with Gasteiger partial charge in [0, 0.05) is 20.1 Å². The SMILES string of the molecule is CN(CC(=O)N1CCCC1)S(=O)(=O)CC#N. The van der Waals surface area contributed by atoms with Gasteiger partial charge in [0.15, 0.2) is 5.75 Å². The molecule has 1 amide bonds. The van der Waals surface area contributed by atoms with Crippen molar-refractivity contribution in [3.63, 3.8) is 0 Å². The zero-order valence-corrected chi connectivity index (χ0v) is 10.0. The van der Waals surface area contributed by atoms with Crippen LogP contribution in [0, 0.1) is 11.3 Å². The zero-order chi connectivity index (χ0) is 12.2. The zero-order valence-electron chi connectivity index (χ0n) is 9.22. The lowest BCUT2D eigenvalue weighted by atomic mass is 10.4. The monoisotopic (exact) mass is 245 g/mol. The van der Waals surface area contributed by atoms with E-state index in [1.807, 2.05) is 0 Å². The number of likely N-dealkylation sites (N-methyl/N-ethyl adjacent to an activating group) is 1. The number of hydrogen-bond donors (Lipinski definition) is 0. The quantitative estimate of drug-likeness (QED) is 0.662. The predicted molar refractivity (Wildman–Crippen MR) is 57.8 cm³/mol. The van der Waals surface area contributed by atoms with Crippen molar-refractivity contribution >= 4 is 15.9 Å². The van der Waals surface area contributed by atoms with Gasteiger partial charge in [0.25, 0.3) is 0 Å². The summed E-state index contributed by atoms with van der Waals surface area (Å²) in [4.78, 5) is 13.3. The lowest BCUT2D eigenvalue weighted by molar-refractivity contribution is -0.130. The molecule has 16 heavy (non-hydrogen) atoms. The van der Waals surface area contributed by atoms with Gasteiger partial charge in [0.1, 0.15) is 0 Å². The number of carbonyl (C=O) groups excluding carboxylic acids is 1. The minimum Gasteiger partial charge on any atom is -0.342 e. The molecule has 1 saturated heterocycles. The highest BCUT2D eigenvalue weighted by Gasteiger charge is 2.24. The number of likely N-dealkylation sites (tertiary alicyclic amines) is 1. The molecule has 0 aliphatic carbocycles. The topological polar surface area (TPSA) is 81.5 Å². The van der Waals surface area contributed by atoms with Crippen LogP contribution < -0.4 is 0 Å². The molecule has 1 aliphatic rings. The van der Waals surface area contributed by atoms with Gasteiger partial charge in [-0.2, -0.15) is 9.57 Å². The molecule has 1 fully saturated rings. The molecule has 0 unspecified atom stereocenters. The Morgan fingerprint density at radius 2 is 2.00 bits per heavy atom. The molecule has 0 aromatic rings. The van der Waals surface area contributed by atoms with Gasteiger partial charge < -0.3 is 4.90 Å². The van der Waals surface area contributed by atoms with E-state index in [2.05, 4.69) is 0 Å². The van der Waals surface area contributed by atoms with E-state index in [1.54, 1.807) is 11.0 Å². The highest BCUT2D eigenvalue weighted by atomic mass is 32.2. The minimum absolute atomic E-state index is 0.177. The van der Waals surface area contributed by atoms with Crippen LogP contribution in [-0.2, 0) is 14.8 Å². The Morgan fingerprint density at radius 1 is 1.44 bits per heavy atom. The number of hydrogen-bond acceptors (Lipinski definition) is 4. The van der Waals surface area contributed by atoms with Crippen LogP contribution in [0.25, 0.3) is 0 Å². The molecule has 0 atom stereocenters. The standard InChI is InChI=1S/C9H15N3O3S/c1-11(16(14,15)7-4-10)8-9(13)12-5-2-3-6-12/h2-3,5-8H2,1H3. The molecule has 1 heterocycles. The summed E-state index contributed by atoms with van der Waals surface area (Å²) in [6.45, 7) is 1.22. The lowest BCUT2D eigenvalue weighted by Crippen LogP contribution is -2.40. The first-order valence-corrected chi connectivity index (χ1v) is 6.67. The van der Waals surface area contributed by atoms with Crippen LogP contribution >= 0.6 is 0 Å². The van der Waals surface area contributed by atoms with Crippen molar-refractivity contribution in [1.29, 1.82) is 5.26 Å². The van der Waals surface area contributed by atoms with Crippen molar-refractivity contribution in [2.45, 2.75) is 12.8 Å². The largest absolute Gasteiger partial charge is 0.342 e. The van der Waals surface area contributed by atoms with Crippen LogP contribution in [0.3, 0.4) is 0 Å². The minimum atomic E-state index is -3.61. The highest BCUT2D eigenvalue weighted by Crippen LogP contribution is 2.08. The van der Waals surface area contributed by atoms with E-state index in [0.29, 0.717) is 13.1 Å². The smallest absolute Gasteiger partial charge is 0.237 e. The summed E-state index contributed by atoms with van der Waals surface area (Å²) >= 11 is 0. The molecule has 0 N–H and O–H groups in total. The molecule has 0 saturated carbocycles. The average molecular weight is 245 g/mol. The molecule has 0 aromatic heterocycles. The van der Waals surface area contributed by atoms with Crippen LogP contribution in [0.1, 0.15) is 12.8 Å². The Hall–Kier alpha value is -1.13. The van der Waals surface area contributed by atoms with Crippen molar-refractivity contribution in [2.75, 3.05) is 32.4 Å². The Balaban J connectivity index is 2.54. The second kappa shape index (κ2) is 5.27. The number of sulfonamides is 1. The lowest BCUT2D eigenvalue weighted by Gasteiger charge is -2.20. The van der Waals surface area contributed by atoms with E-state index in [9.17, 15) is 13.2 Å². The number of nitrogens with zero attached hydrogens (tertiary/aromatic N) is 3. The average Bonchev–Trinajstić information content (AvgIpc) is 2.70. The fraction of sp³-hybridized carbons (Fsp3) is 0.778. The van der Waals surface area contributed by atoms with E-state index in [-0.39, 0.29) is 12.5 Å². The van der Waals surface area contributed by atoms with E-state index < -0.39 is 15.8 Å². The van der Waals surface area contributed by atoms with Crippen molar-refractivity contribution in [3.8, 4) is 6.07 Å². The molecular formula is C9H15N3O3S. The first kappa shape index (κ1) is 12.9. The normalized spacial score (nSPS) is 16.4. The third-order valence-electron chi connectivity index (χ3n) is 2.54. The molecule has 7 heteroatoms. The van der Waals surface area contributed by atoms with Gasteiger partial charge in [0.05, 0.1) is 12.6 Å². The van der Waals surface area contributed by atoms with Crippen molar-refractivity contribution in [2.24, 2.45) is 0 Å². The Bertz CT molecular complexity index is 393. The maximum Gasteiger partial charge on any atom is 0.237 e. The molecule has 1 rings (SSSR count). The second-order valence-electron chi connectivity index (χ2n) is 3.76. The third-order valence-corrected chi connectivity index (χ3v) is 4.11. The number of rotatable bonds is 4. The predicted octanol–water partition coefficient (Wildman–Crippen LogP) is -0.606. The molecule has 6 nitrogen and oxygen atoms in total. The van der Waals surface area contributed by atoms with Crippen LogP contribution in [0.15, 0.2) is 0 Å². The maximum absolute atomic E-state index is 11.6. The Morgan fingerprint density at radius 3 is 2.50 bits per heavy atom. The first-order valence-electron chi connectivity index (χ1n) is 5.06. The van der Waals surface area contributed by atoms with Crippen molar-refractivity contribution in [3.05, 3.63) is 0 Å². The van der Waals surface area contributed by atoms with Crippen molar-refractivity contribution in [1.82, 2.24) is 9.21 Å². The van der Waals surface area contributed by atoms with Crippen LogP contribution in [0.4, 0.5) is 0 Å². The van der Waals surface area contributed by atoms with Crippen LogP contribution in [0.5, 0.6) is 0 Å². The van der Waals surface area contributed by atoms with Gasteiger partial charge >= 0.3 is 0 Å². The third kappa shape index (κ3) is 3.18. The summed E-state index contributed by atoms with van der Waals surface area (Å²) in [5.74, 6) is -0.780. The number of carbonyl (C=O) groups is 1. The van der Waals surface area contributed by atoms with Gasteiger partial charge in [-0.3, -0.25) is 4.79 Å². The first-order chi connectivity index (χ1) is 7.47. The summed E-state index contributed by atoms with van der Waals surface area (Å²) in [6.07, 6.45) is 1.95. The summed E-state index contributed by atoms with van der Waals surface area (Å²) in [6, 6.07) is 1.58. The Labute approximate surface area is 95.5 Å².